The number of amides is 3. The zero-order chi connectivity index (χ0) is 20.8. The van der Waals surface area contributed by atoms with Crippen molar-refractivity contribution in [2.75, 3.05) is 18.2 Å². The molecule has 29 heavy (non-hydrogen) atoms. The quantitative estimate of drug-likeness (QED) is 0.520. The van der Waals surface area contributed by atoms with Crippen LogP contribution in [0.3, 0.4) is 0 Å². The largest absolute Gasteiger partial charge is 0.453 e. The number of carbonyl (C=O) groups is 3. The number of imide groups is 1. The molecule has 1 heterocycles. The van der Waals surface area contributed by atoms with Gasteiger partial charge in [-0.1, -0.05) is 19.4 Å². The summed E-state index contributed by atoms with van der Waals surface area (Å²) in [5.41, 5.74) is 1.84. The lowest BCUT2D eigenvalue weighted by Crippen LogP contribution is -2.31. The topological polar surface area (TPSA) is 84.5 Å². The van der Waals surface area contributed by atoms with Gasteiger partial charge in [-0.3, -0.25) is 14.9 Å². The molecule has 0 bridgehead atoms. The minimum absolute atomic E-state index is 0.271. The highest BCUT2D eigenvalue weighted by molar-refractivity contribution is 7.99. The van der Waals surface area contributed by atoms with Gasteiger partial charge in [-0.25, -0.2) is 4.79 Å². The summed E-state index contributed by atoms with van der Waals surface area (Å²) >= 11 is 3.09. The van der Waals surface area contributed by atoms with Crippen molar-refractivity contribution in [3.63, 3.8) is 0 Å². The van der Waals surface area contributed by atoms with E-state index in [0.29, 0.717) is 16.1 Å². The van der Waals surface area contributed by atoms with Gasteiger partial charge in [-0.05, 0) is 55.2 Å². The second-order valence-electron chi connectivity index (χ2n) is 6.63. The zero-order valence-electron chi connectivity index (χ0n) is 16.5. The molecule has 0 atom stereocenters. The number of thioether (sulfide) groups is 1. The molecule has 1 aromatic heterocycles. The van der Waals surface area contributed by atoms with Crippen molar-refractivity contribution in [3.05, 3.63) is 45.8 Å². The maximum absolute atomic E-state index is 12.9. The first-order valence-electron chi connectivity index (χ1n) is 9.61. The third kappa shape index (κ3) is 5.19. The second kappa shape index (κ2) is 9.93. The summed E-state index contributed by atoms with van der Waals surface area (Å²) in [6.45, 7) is 2.06. The number of methoxy groups -OCH3 is 1. The molecule has 0 radical (unpaired) electrons. The molecular weight excluding hydrogens is 408 g/mol. The molecule has 0 saturated heterocycles. The molecule has 0 saturated carbocycles. The third-order valence-corrected chi connectivity index (χ3v) is 6.77. The molecule has 0 aliphatic heterocycles. The Labute approximate surface area is 178 Å². The fourth-order valence-electron chi connectivity index (χ4n) is 3.35. The first-order valence-corrected chi connectivity index (χ1v) is 11.4. The predicted molar refractivity (Wildman–Crippen MR) is 116 cm³/mol. The van der Waals surface area contributed by atoms with Crippen LogP contribution in [0, 0.1) is 0 Å². The minimum Gasteiger partial charge on any atom is -0.453 e. The van der Waals surface area contributed by atoms with E-state index in [9.17, 15) is 14.4 Å². The Bertz CT molecular complexity index is 923. The van der Waals surface area contributed by atoms with E-state index in [0.717, 1.165) is 53.2 Å². The van der Waals surface area contributed by atoms with Gasteiger partial charge in [0.2, 0.25) is 0 Å². The van der Waals surface area contributed by atoms with Crippen LogP contribution in [0.25, 0.3) is 0 Å². The molecule has 1 aromatic carbocycles. The van der Waals surface area contributed by atoms with E-state index in [4.69, 9.17) is 0 Å². The number of aryl methyl sites for hydroxylation is 1. The lowest BCUT2D eigenvalue weighted by molar-refractivity contribution is 0.0937. The van der Waals surface area contributed by atoms with Gasteiger partial charge in [-0.15, -0.1) is 23.1 Å². The first kappa shape index (κ1) is 21.4. The van der Waals surface area contributed by atoms with Crippen LogP contribution in [0.2, 0.25) is 0 Å². The molecule has 2 aromatic rings. The molecule has 1 aliphatic carbocycles. The van der Waals surface area contributed by atoms with Crippen molar-refractivity contribution in [3.8, 4) is 0 Å². The summed E-state index contributed by atoms with van der Waals surface area (Å²) in [5.74, 6) is 0.106. The number of nitrogens with one attached hydrogen (secondary N) is 2. The molecule has 0 unspecified atom stereocenters. The summed E-state index contributed by atoms with van der Waals surface area (Å²) in [6.07, 6.45) is 3.94. The van der Waals surface area contributed by atoms with Gasteiger partial charge in [0, 0.05) is 15.3 Å². The fourth-order valence-corrected chi connectivity index (χ4v) is 5.35. The average molecular weight is 433 g/mol. The van der Waals surface area contributed by atoms with Crippen molar-refractivity contribution < 1.29 is 19.1 Å². The van der Waals surface area contributed by atoms with Crippen LogP contribution in [-0.4, -0.2) is 30.8 Å². The average Bonchev–Trinajstić information content (AvgIpc) is 2.88. The van der Waals surface area contributed by atoms with Crippen LogP contribution in [0.5, 0.6) is 0 Å². The number of ether oxygens (including phenoxy) is 1. The van der Waals surface area contributed by atoms with Crippen LogP contribution in [0.4, 0.5) is 9.80 Å². The number of rotatable bonds is 5. The molecule has 0 spiro atoms. The number of fused-ring (bicyclic) bond motifs is 1. The maximum atomic E-state index is 12.9. The lowest BCUT2D eigenvalue weighted by Gasteiger charge is -2.09. The summed E-state index contributed by atoms with van der Waals surface area (Å²) in [5, 5.41) is 5.62. The number of hydrogen-bond donors (Lipinski definition) is 2. The molecule has 2 N–H and O–H groups in total. The Morgan fingerprint density at radius 3 is 2.69 bits per heavy atom. The Morgan fingerprint density at radius 2 is 1.93 bits per heavy atom. The third-order valence-electron chi connectivity index (χ3n) is 4.68. The number of thiophene rings is 1. The minimum atomic E-state index is -0.815. The highest BCUT2D eigenvalue weighted by Gasteiger charge is 2.27. The number of benzene rings is 1. The van der Waals surface area contributed by atoms with E-state index in [1.54, 1.807) is 17.8 Å². The van der Waals surface area contributed by atoms with Crippen molar-refractivity contribution in [1.82, 2.24) is 5.32 Å². The van der Waals surface area contributed by atoms with Gasteiger partial charge in [-0.2, -0.15) is 0 Å². The van der Waals surface area contributed by atoms with Crippen LogP contribution in [0.1, 0.15) is 57.3 Å². The van der Waals surface area contributed by atoms with Crippen LogP contribution in [-0.2, 0) is 17.6 Å². The van der Waals surface area contributed by atoms with Crippen molar-refractivity contribution in [2.45, 2.75) is 43.9 Å². The Kier molecular flexibility index (Phi) is 7.33. The molecular formula is C21H24N2O4S2. The van der Waals surface area contributed by atoms with Crippen molar-refractivity contribution in [2.24, 2.45) is 0 Å². The highest BCUT2D eigenvalue weighted by Crippen LogP contribution is 2.37. The lowest BCUT2D eigenvalue weighted by atomic mass is 10.0. The fraction of sp³-hybridized carbons (Fsp3) is 0.381. The SMILES string of the molecule is CCSc1cccc(C(=O)Nc2sc3c(c2C(=O)NC(=O)OC)CCCCC3)c1. The van der Waals surface area contributed by atoms with Crippen molar-refractivity contribution >= 4 is 46.0 Å². The van der Waals surface area contributed by atoms with Gasteiger partial charge in [0.05, 0.1) is 12.7 Å². The summed E-state index contributed by atoms with van der Waals surface area (Å²) < 4.78 is 4.56. The van der Waals surface area contributed by atoms with E-state index >= 15 is 0 Å². The second-order valence-corrected chi connectivity index (χ2v) is 9.07. The Hall–Kier alpha value is -2.32. The van der Waals surface area contributed by atoms with Crippen LogP contribution < -0.4 is 10.6 Å². The molecule has 8 heteroatoms. The van der Waals surface area contributed by atoms with Crippen LogP contribution in [0.15, 0.2) is 29.2 Å². The summed E-state index contributed by atoms with van der Waals surface area (Å²) in [4.78, 5) is 39.3. The van der Waals surface area contributed by atoms with E-state index in [2.05, 4.69) is 22.3 Å². The molecule has 154 valence electrons. The first-order chi connectivity index (χ1) is 14.0. The van der Waals surface area contributed by atoms with Crippen LogP contribution >= 0.6 is 23.1 Å². The summed E-state index contributed by atoms with van der Waals surface area (Å²) in [7, 11) is 1.21. The summed E-state index contributed by atoms with van der Waals surface area (Å²) in [6, 6.07) is 7.41. The number of carbonyl (C=O) groups excluding carboxylic acids is 3. The van der Waals surface area contributed by atoms with E-state index < -0.39 is 12.0 Å². The standard InChI is InChI=1S/C21H24N2O4S2/c1-3-28-14-9-7-8-13(12-14)18(24)22-20-17(19(25)23-21(26)27-2)15-10-5-4-6-11-16(15)29-20/h7-9,12H,3-6,10-11H2,1-2H3,(H,22,24)(H,23,25,26). The molecule has 3 amide bonds. The molecule has 1 aliphatic rings. The van der Waals surface area contributed by atoms with Gasteiger partial charge < -0.3 is 10.1 Å². The predicted octanol–water partition coefficient (Wildman–Crippen LogP) is 4.88. The smallest absolute Gasteiger partial charge is 0.413 e. The molecule has 6 nitrogen and oxygen atoms in total. The normalized spacial score (nSPS) is 13.2. The zero-order valence-corrected chi connectivity index (χ0v) is 18.1. The number of alkyl carbamates (subject to hydrolysis) is 1. The van der Waals surface area contributed by atoms with Crippen molar-refractivity contribution in [1.29, 1.82) is 0 Å². The Balaban J connectivity index is 1.91. The van der Waals surface area contributed by atoms with E-state index in [-0.39, 0.29) is 5.91 Å². The number of anilines is 1. The van der Waals surface area contributed by atoms with Gasteiger partial charge in [0.1, 0.15) is 5.00 Å². The Morgan fingerprint density at radius 1 is 1.14 bits per heavy atom. The van der Waals surface area contributed by atoms with E-state index in [1.165, 1.54) is 18.4 Å². The van der Waals surface area contributed by atoms with Gasteiger partial charge in [0.25, 0.3) is 11.8 Å². The van der Waals surface area contributed by atoms with E-state index in [1.807, 2.05) is 18.2 Å². The highest BCUT2D eigenvalue weighted by atomic mass is 32.2. The molecule has 3 rings (SSSR count). The van der Waals surface area contributed by atoms with Gasteiger partial charge in [0.15, 0.2) is 0 Å². The monoisotopic (exact) mass is 432 g/mol. The maximum Gasteiger partial charge on any atom is 0.413 e. The number of hydrogen-bond acceptors (Lipinski definition) is 6. The van der Waals surface area contributed by atoms with Gasteiger partial charge >= 0.3 is 6.09 Å². The molecule has 0 fully saturated rings.